The summed E-state index contributed by atoms with van der Waals surface area (Å²) in [7, 11) is 0. The van der Waals surface area contributed by atoms with Gasteiger partial charge in [0.1, 0.15) is 5.52 Å². The second kappa shape index (κ2) is 3.15. The monoisotopic (exact) mass is 183 g/mol. The Labute approximate surface area is 77.0 Å². The molecule has 1 heterocycles. The molecule has 3 heteroatoms. The fourth-order valence-electron chi connectivity index (χ4n) is 1.15. The minimum atomic E-state index is 0. The van der Waals surface area contributed by atoms with Gasteiger partial charge in [0.15, 0.2) is 11.5 Å². The second-order valence-electron chi connectivity index (χ2n) is 2.70. The minimum Gasteiger partial charge on any atom is -0.441 e. The number of hydrogen-bond acceptors (Lipinski definition) is 2. The summed E-state index contributed by atoms with van der Waals surface area (Å²) in [5.41, 5.74) is 3.03. The normalized spacial score (nSPS) is 9.83. The van der Waals surface area contributed by atoms with Gasteiger partial charge >= 0.3 is 0 Å². The summed E-state index contributed by atoms with van der Waals surface area (Å²) in [5.74, 6) is 0.727. The number of rotatable bonds is 0. The highest BCUT2D eigenvalue weighted by Gasteiger charge is 1.99. The van der Waals surface area contributed by atoms with Crippen LogP contribution < -0.4 is 0 Å². The fourth-order valence-corrected chi connectivity index (χ4v) is 1.15. The van der Waals surface area contributed by atoms with Crippen LogP contribution in [0.2, 0.25) is 0 Å². The van der Waals surface area contributed by atoms with Gasteiger partial charge in [-0.1, -0.05) is 6.07 Å². The maximum Gasteiger partial charge on any atom is 0.192 e. The van der Waals surface area contributed by atoms with Crippen molar-refractivity contribution in [3.8, 4) is 0 Å². The van der Waals surface area contributed by atoms with Gasteiger partial charge in [0.2, 0.25) is 0 Å². The van der Waals surface area contributed by atoms with E-state index in [2.05, 4.69) is 4.98 Å². The van der Waals surface area contributed by atoms with E-state index < -0.39 is 0 Å². The first-order valence-corrected chi connectivity index (χ1v) is 3.59. The Hall–Kier alpha value is -1.02. The van der Waals surface area contributed by atoms with Gasteiger partial charge in [-0.25, -0.2) is 4.98 Å². The standard InChI is InChI=1S/C9H9NO.ClH/c1-6-3-4-9-8(5-6)10-7(2)11-9;/h3-5H,1-2H3;1H. The van der Waals surface area contributed by atoms with Gasteiger partial charge in [-0.05, 0) is 24.6 Å². The Bertz CT molecular complexity index is 394. The van der Waals surface area contributed by atoms with Gasteiger partial charge in [-0.3, -0.25) is 0 Å². The molecule has 0 aliphatic heterocycles. The zero-order valence-electron chi connectivity index (χ0n) is 7.00. The smallest absolute Gasteiger partial charge is 0.192 e. The van der Waals surface area contributed by atoms with Gasteiger partial charge in [0.05, 0.1) is 0 Å². The summed E-state index contributed by atoms with van der Waals surface area (Å²) in [4.78, 5) is 4.21. The molecule has 0 aliphatic carbocycles. The third kappa shape index (κ3) is 1.43. The summed E-state index contributed by atoms with van der Waals surface area (Å²) in [6, 6.07) is 5.99. The minimum absolute atomic E-state index is 0. The average molecular weight is 184 g/mol. The summed E-state index contributed by atoms with van der Waals surface area (Å²) >= 11 is 0. The van der Waals surface area contributed by atoms with Crippen LogP contribution in [0.15, 0.2) is 22.6 Å². The van der Waals surface area contributed by atoms with E-state index in [9.17, 15) is 0 Å². The molecule has 2 aromatic rings. The average Bonchev–Trinajstić information content (AvgIpc) is 2.27. The molecule has 1 aromatic carbocycles. The summed E-state index contributed by atoms with van der Waals surface area (Å²) in [6.07, 6.45) is 0. The van der Waals surface area contributed by atoms with Gasteiger partial charge in [-0.2, -0.15) is 0 Å². The number of halogens is 1. The quantitative estimate of drug-likeness (QED) is 0.628. The van der Waals surface area contributed by atoms with Crippen LogP contribution in [0.3, 0.4) is 0 Å². The predicted octanol–water partition coefficient (Wildman–Crippen LogP) is 2.87. The molecule has 0 N–H and O–H groups in total. The SMILES string of the molecule is Cc1ccc2oc(C)nc2c1.Cl. The molecule has 0 bridgehead atoms. The first kappa shape index (κ1) is 9.07. The zero-order chi connectivity index (χ0) is 7.84. The number of nitrogens with zero attached hydrogens (tertiary/aromatic N) is 1. The molecule has 2 rings (SSSR count). The highest BCUT2D eigenvalue weighted by atomic mass is 35.5. The first-order chi connectivity index (χ1) is 5.25. The lowest BCUT2D eigenvalue weighted by Crippen LogP contribution is -1.71. The van der Waals surface area contributed by atoms with Crippen LogP contribution in [-0.4, -0.2) is 4.98 Å². The molecule has 0 saturated heterocycles. The Morgan fingerprint density at radius 1 is 1.25 bits per heavy atom. The molecule has 2 nitrogen and oxygen atoms in total. The summed E-state index contributed by atoms with van der Waals surface area (Å²) < 4.78 is 5.31. The second-order valence-corrected chi connectivity index (χ2v) is 2.70. The molecule has 0 unspecified atom stereocenters. The Balaban J connectivity index is 0.000000720. The van der Waals surface area contributed by atoms with Crippen molar-refractivity contribution in [3.05, 3.63) is 29.7 Å². The van der Waals surface area contributed by atoms with E-state index in [1.54, 1.807) is 0 Å². The number of benzene rings is 1. The van der Waals surface area contributed by atoms with E-state index in [1.807, 2.05) is 32.0 Å². The van der Waals surface area contributed by atoms with Gasteiger partial charge < -0.3 is 4.42 Å². The largest absolute Gasteiger partial charge is 0.441 e. The molecule has 0 spiro atoms. The van der Waals surface area contributed by atoms with Crippen molar-refractivity contribution in [1.82, 2.24) is 4.98 Å². The van der Waals surface area contributed by atoms with Gasteiger partial charge in [0.25, 0.3) is 0 Å². The van der Waals surface area contributed by atoms with E-state index in [0.29, 0.717) is 0 Å². The fraction of sp³-hybridized carbons (Fsp3) is 0.222. The number of oxazole rings is 1. The van der Waals surface area contributed by atoms with Crippen LogP contribution >= 0.6 is 12.4 Å². The maximum atomic E-state index is 5.31. The number of hydrogen-bond donors (Lipinski definition) is 0. The van der Waals surface area contributed by atoms with Crippen molar-refractivity contribution < 1.29 is 4.42 Å². The Morgan fingerprint density at radius 3 is 2.75 bits per heavy atom. The van der Waals surface area contributed by atoms with Crippen molar-refractivity contribution in [3.63, 3.8) is 0 Å². The van der Waals surface area contributed by atoms with E-state index in [1.165, 1.54) is 5.56 Å². The van der Waals surface area contributed by atoms with E-state index in [-0.39, 0.29) is 12.4 Å². The molecule has 0 aliphatic rings. The van der Waals surface area contributed by atoms with Gasteiger partial charge in [0, 0.05) is 6.92 Å². The topological polar surface area (TPSA) is 26.0 Å². The van der Waals surface area contributed by atoms with Crippen molar-refractivity contribution in [1.29, 1.82) is 0 Å². The van der Waals surface area contributed by atoms with Crippen molar-refractivity contribution >= 4 is 23.5 Å². The van der Waals surface area contributed by atoms with E-state index in [0.717, 1.165) is 17.0 Å². The van der Waals surface area contributed by atoms with Crippen LogP contribution in [0.5, 0.6) is 0 Å². The van der Waals surface area contributed by atoms with Crippen molar-refractivity contribution in [2.45, 2.75) is 13.8 Å². The van der Waals surface area contributed by atoms with Crippen LogP contribution in [-0.2, 0) is 0 Å². The molecular formula is C9H10ClNO. The highest BCUT2D eigenvalue weighted by molar-refractivity contribution is 5.85. The summed E-state index contributed by atoms with van der Waals surface area (Å²) in [6.45, 7) is 3.90. The lowest BCUT2D eigenvalue weighted by Gasteiger charge is -1.87. The third-order valence-electron chi connectivity index (χ3n) is 1.65. The number of aromatic nitrogens is 1. The van der Waals surface area contributed by atoms with Crippen molar-refractivity contribution in [2.24, 2.45) is 0 Å². The molecule has 0 atom stereocenters. The molecule has 0 radical (unpaired) electrons. The number of fused-ring (bicyclic) bond motifs is 1. The zero-order valence-corrected chi connectivity index (χ0v) is 7.81. The van der Waals surface area contributed by atoms with Crippen LogP contribution in [0, 0.1) is 13.8 Å². The molecule has 1 aromatic heterocycles. The Morgan fingerprint density at radius 2 is 2.00 bits per heavy atom. The van der Waals surface area contributed by atoms with Crippen molar-refractivity contribution in [2.75, 3.05) is 0 Å². The summed E-state index contributed by atoms with van der Waals surface area (Å²) in [5, 5.41) is 0. The molecule has 12 heavy (non-hydrogen) atoms. The van der Waals surface area contributed by atoms with Crippen LogP contribution in [0.25, 0.3) is 11.1 Å². The lowest BCUT2D eigenvalue weighted by molar-refractivity contribution is 0.561. The first-order valence-electron chi connectivity index (χ1n) is 3.59. The Kier molecular flexibility index (Phi) is 2.38. The molecule has 0 fully saturated rings. The lowest BCUT2D eigenvalue weighted by atomic mass is 10.2. The predicted molar refractivity (Wildman–Crippen MR) is 50.7 cm³/mol. The highest BCUT2D eigenvalue weighted by Crippen LogP contribution is 2.15. The van der Waals surface area contributed by atoms with Crippen LogP contribution in [0.1, 0.15) is 11.5 Å². The third-order valence-corrected chi connectivity index (χ3v) is 1.65. The van der Waals surface area contributed by atoms with Crippen LogP contribution in [0.4, 0.5) is 0 Å². The molecule has 0 saturated carbocycles. The molecule has 0 amide bonds. The van der Waals surface area contributed by atoms with E-state index in [4.69, 9.17) is 4.42 Å². The molecule has 64 valence electrons. The van der Waals surface area contributed by atoms with Gasteiger partial charge in [-0.15, -0.1) is 12.4 Å². The van der Waals surface area contributed by atoms with E-state index >= 15 is 0 Å². The molecular weight excluding hydrogens is 174 g/mol. The number of aryl methyl sites for hydroxylation is 2. The maximum absolute atomic E-state index is 5.31.